The van der Waals surface area contributed by atoms with Gasteiger partial charge in [0.05, 0.1) is 0 Å². The lowest BCUT2D eigenvalue weighted by Gasteiger charge is -2.20. The number of benzene rings is 1. The molecule has 3 N–H and O–H groups in total. The van der Waals surface area contributed by atoms with Crippen LogP contribution in [0.2, 0.25) is 0 Å². The number of carbonyl (C=O) groups excluding carboxylic acids is 1. The van der Waals surface area contributed by atoms with Crippen LogP contribution in [0.3, 0.4) is 0 Å². The molecule has 0 spiro atoms. The molecule has 0 bridgehead atoms. The second-order valence-corrected chi connectivity index (χ2v) is 5.14. The summed E-state index contributed by atoms with van der Waals surface area (Å²) < 4.78 is 0. The molecule has 1 unspecified atom stereocenters. The Morgan fingerprint density at radius 3 is 2.88 bits per heavy atom. The van der Waals surface area contributed by atoms with E-state index in [1.54, 1.807) is 0 Å². The fraction of sp³-hybridized carbons (Fsp3) is 0.500. The molecule has 1 saturated carbocycles. The van der Waals surface area contributed by atoms with Crippen molar-refractivity contribution in [2.45, 2.75) is 31.6 Å². The van der Waals surface area contributed by atoms with Gasteiger partial charge in [-0.2, -0.15) is 0 Å². The second kappa shape index (κ2) is 4.15. The van der Waals surface area contributed by atoms with Crippen LogP contribution in [-0.4, -0.2) is 12.5 Å². The maximum absolute atomic E-state index is 11.3. The summed E-state index contributed by atoms with van der Waals surface area (Å²) in [7, 11) is 0. The van der Waals surface area contributed by atoms with Gasteiger partial charge < -0.3 is 11.1 Å². The monoisotopic (exact) mass is 230 g/mol. The van der Waals surface area contributed by atoms with Gasteiger partial charge in [-0.3, -0.25) is 4.79 Å². The van der Waals surface area contributed by atoms with Gasteiger partial charge in [-0.15, -0.1) is 0 Å². The fourth-order valence-corrected chi connectivity index (χ4v) is 2.73. The summed E-state index contributed by atoms with van der Waals surface area (Å²) in [6, 6.07) is 6.40. The predicted octanol–water partition coefficient (Wildman–Crippen LogP) is 2.02. The lowest BCUT2D eigenvalue weighted by Crippen LogP contribution is -2.20. The fourth-order valence-electron chi connectivity index (χ4n) is 2.73. The van der Waals surface area contributed by atoms with Gasteiger partial charge in [0.25, 0.3) is 0 Å². The molecular formula is C14H18N2O. The molecule has 1 aliphatic heterocycles. The molecule has 1 fully saturated rings. The lowest BCUT2D eigenvalue weighted by atomic mass is 9.90. The van der Waals surface area contributed by atoms with Crippen molar-refractivity contribution in [3.63, 3.8) is 0 Å². The Morgan fingerprint density at radius 2 is 2.18 bits per heavy atom. The lowest BCUT2D eigenvalue weighted by molar-refractivity contribution is -0.116. The average Bonchev–Trinajstić information content (AvgIpc) is 3.15. The summed E-state index contributed by atoms with van der Waals surface area (Å²) in [6.07, 6.45) is 4.09. The quantitative estimate of drug-likeness (QED) is 0.834. The molecule has 0 radical (unpaired) electrons. The molecule has 1 atom stereocenters. The summed E-state index contributed by atoms with van der Waals surface area (Å²) in [4.78, 5) is 11.3. The summed E-state index contributed by atoms with van der Waals surface area (Å²) in [6.45, 7) is 0.732. The minimum absolute atomic E-state index is 0.128. The Hall–Kier alpha value is -1.35. The number of aryl methyl sites for hydroxylation is 1. The Balaban J connectivity index is 1.89. The number of anilines is 1. The van der Waals surface area contributed by atoms with E-state index in [9.17, 15) is 4.79 Å². The molecule has 90 valence electrons. The highest BCUT2D eigenvalue weighted by Crippen LogP contribution is 2.42. The minimum Gasteiger partial charge on any atom is -0.330 e. The average molecular weight is 230 g/mol. The van der Waals surface area contributed by atoms with E-state index in [0.29, 0.717) is 12.3 Å². The molecule has 1 aliphatic carbocycles. The molecule has 1 heterocycles. The maximum Gasteiger partial charge on any atom is 0.224 e. The molecule has 3 rings (SSSR count). The number of carbonyl (C=O) groups is 1. The van der Waals surface area contributed by atoms with Gasteiger partial charge in [-0.1, -0.05) is 12.1 Å². The van der Waals surface area contributed by atoms with Crippen LogP contribution in [0.5, 0.6) is 0 Å². The molecule has 17 heavy (non-hydrogen) atoms. The first kappa shape index (κ1) is 10.8. The predicted molar refractivity (Wildman–Crippen MR) is 67.9 cm³/mol. The van der Waals surface area contributed by atoms with Crippen LogP contribution in [0.4, 0.5) is 5.69 Å². The first-order valence-electron chi connectivity index (χ1n) is 6.40. The van der Waals surface area contributed by atoms with Gasteiger partial charge in [0, 0.05) is 12.1 Å². The summed E-state index contributed by atoms with van der Waals surface area (Å²) >= 11 is 0. The molecular weight excluding hydrogens is 212 g/mol. The van der Waals surface area contributed by atoms with Crippen LogP contribution in [0, 0.1) is 5.92 Å². The molecule has 1 aromatic rings. The van der Waals surface area contributed by atoms with Crippen molar-refractivity contribution in [2.75, 3.05) is 11.9 Å². The van der Waals surface area contributed by atoms with Crippen molar-refractivity contribution in [3.05, 3.63) is 29.3 Å². The summed E-state index contributed by atoms with van der Waals surface area (Å²) in [5, 5.41) is 2.92. The number of hydrogen-bond acceptors (Lipinski definition) is 2. The minimum atomic E-state index is 0.128. The molecule has 1 amide bonds. The van der Waals surface area contributed by atoms with E-state index >= 15 is 0 Å². The van der Waals surface area contributed by atoms with Crippen molar-refractivity contribution in [1.82, 2.24) is 0 Å². The summed E-state index contributed by atoms with van der Waals surface area (Å²) in [5.41, 5.74) is 9.47. The van der Waals surface area contributed by atoms with Crippen molar-refractivity contribution in [3.8, 4) is 0 Å². The number of amides is 1. The van der Waals surface area contributed by atoms with Crippen LogP contribution in [0.1, 0.15) is 36.3 Å². The molecule has 1 aromatic carbocycles. The van der Waals surface area contributed by atoms with Gasteiger partial charge in [-0.05, 0) is 54.8 Å². The normalized spacial score (nSPS) is 20.6. The number of nitrogens with one attached hydrogen (secondary N) is 1. The van der Waals surface area contributed by atoms with E-state index < -0.39 is 0 Å². The first-order valence-corrected chi connectivity index (χ1v) is 6.40. The van der Waals surface area contributed by atoms with Gasteiger partial charge in [-0.25, -0.2) is 0 Å². The van der Waals surface area contributed by atoms with Gasteiger partial charge in [0.15, 0.2) is 0 Å². The van der Waals surface area contributed by atoms with Gasteiger partial charge in [0.2, 0.25) is 5.91 Å². The zero-order valence-electron chi connectivity index (χ0n) is 9.91. The third-order valence-electron chi connectivity index (χ3n) is 3.90. The third kappa shape index (κ3) is 2.07. The van der Waals surface area contributed by atoms with Crippen LogP contribution in [0.25, 0.3) is 0 Å². The first-order chi connectivity index (χ1) is 8.28. The highest BCUT2D eigenvalue weighted by Gasteiger charge is 2.31. The zero-order chi connectivity index (χ0) is 11.8. The number of rotatable bonds is 3. The Kier molecular flexibility index (Phi) is 2.63. The van der Waals surface area contributed by atoms with Gasteiger partial charge in [0.1, 0.15) is 0 Å². The van der Waals surface area contributed by atoms with Crippen molar-refractivity contribution >= 4 is 11.6 Å². The highest BCUT2D eigenvalue weighted by molar-refractivity contribution is 5.93. The second-order valence-electron chi connectivity index (χ2n) is 5.14. The number of nitrogens with two attached hydrogens (primary N) is 1. The zero-order valence-corrected chi connectivity index (χ0v) is 9.91. The third-order valence-corrected chi connectivity index (χ3v) is 3.90. The van der Waals surface area contributed by atoms with E-state index in [2.05, 4.69) is 17.4 Å². The van der Waals surface area contributed by atoms with Crippen LogP contribution in [-0.2, 0) is 11.2 Å². The molecule has 3 nitrogen and oxygen atoms in total. The van der Waals surface area contributed by atoms with Crippen LogP contribution < -0.4 is 11.1 Å². The van der Waals surface area contributed by atoms with E-state index in [0.717, 1.165) is 24.6 Å². The number of fused-ring (bicyclic) bond motifs is 1. The number of hydrogen-bond donors (Lipinski definition) is 2. The summed E-state index contributed by atoms with van der Waals surface area (Å²) in [5.74, 6) is 1.43. The van der Waals surface area contributed by atoms with Crippen molar-refractivity contribution < 1.29 is 4.79 Å². The van der Waals surface area contributed by atoms with Gasteiger partial charge >= 0.3 is 0 Å². The topological polar surface area (TPSA) is 55.1 Å². The van der Waals surface area contributed by atoms with E-state index in [-0.39, 0.29) is 5.91 Å². The van der Waals surface area contributed by atoms with E-state index in [1.165, 1.54) is 24.0 Å². The molecule has 2 aliphatic rings. The Morgan fingerprint density at radius 1 is 1.35 bits per heavy atom. The van der Waals surface area contributed by atoms with Crippen LogP contribution in [0.15, 0.2) is 18.2 Å². The van der Waals surface area contributed by atoms with Crippen molar-refractivity contribution in [2.24, 2.45) is 11.7 Å². The standard InChI is InChI=1S/C14H18N2O/c15-8-12(9-1-2-9)10-3-5-13-11(7-10)4-6-14(17)16-13/h3,5,7,9,12H,1-2,4,6,8,15H2,(H,16,17). The Labute approximate surface area is 101 Å². The van der Waals surface area contributed by atoms with Crippen molar-refractivity contribution in [1.29, 1.82) is 0 Å². The van der Waals surface area contributed by atoms with Crippen LogP contribution >= 0.6 is 0 Å². The molecule has 0 saturated heterocycles. The molecule has 3 heteroatoms. The Bertz CT molecular complexity index is 452. The highest BCUT2D eigenvalue weighted by atomic mass is 16.1. The molecule has 0 aromatic heterocycles. The SMILES string of the molecule is NCC(c1ccc2c(c1)CCC(=O)N2)C1CC1. The van der Waals surface area contributed by atoms with E-state index in [4.69, 9.17) is 5.73 Å². The largest absolute Gasteiger partial charge is 0.330 e. The smallest absolute Gasteiger partial charge is 0.224 e. The maximum atomic E-state index is 11.3. The van der Waals surface area contributed by atoms with E-state index in [1.807, 2.05) is 6.07 Å².